The van der Waals surface area contributed by atoms with E-state index in [2.05, 4.69) is 47.8 Å². The summed E-state index contributed by atoms with van der Waals surface area (Å²) < 4.78 is 2.04. The van der Waals surface area contributed by atoms with Crippen molar-refractivity contribution in [2.75, 3.05) is 11.2 Å². The van der Waals surface area contributed by atoms with E-state index in [0.717, 1.165) is 21.6 Å². The Kier molecular flexibility index (Phi) is 2.86. The molecule has 2 aromatic rings. The average Bonchev–Trinajstić information content (AvgIpc) is 2.95. The number of aromatic nitrogens is 3. The van der Waals surface area contributed by atoms with E-state index in [4.69, 9.17) is 0 Å². The van der Waals surface area contributed by atoms with Crippen LogP contribution in [0.1, 0.15) is 20.8 Å². The van der Waals surface area contributed by atoms with Gasteiger partial charge in [-0.25, -0.2) is 4.68 Å². The molecule has 1 aliphatic heterocycles. The molecule has 1 atom stereocenters. The zero-order chi connectivity index (χ0) is 12.8. The Morgan fingerprint density at radius 3 is 2.89 bits per heavy atom. The van der Waals surface area contributed by atoms with Gasteiger partial charge < -0.3 is 5.43 Å². The van der Waals surface area contributed by atoms with Crippen molar-refractivity contribution in [3.8, 4) is 10.7 Å². The summed E-state index contributed by atoms with van der Waals surface area (Å²) in [5.41, 5.74) is 3.78. The van der Waals surface area contributed by atoms with E-state index in [1.54, 1.807) is 23.1 Å². The van der Waals surface area contributed by atoms with Gasteiger partial charge in [-0.1, -0.05) is 38.6 Å². The van der Waals surface area contributed by atoms with Gasteiger partial charge in [0, 0.05) is 5.75 Å². The molecule has 0 aromatic carbocycles. The molecule has 0 saturated heterocycles. The number of fused-ring (bicyclic) bond motifs is 1. The lowest BCUT2D eigenvalue weighted by atomic mass is 9.88. The van der Waals surface area contributed by atoms with Crippen LogP contribution < -0.4 is 5.43 Å². The van der Waals surface area contributed by atoms with E-state index >= 15 is 0 Å². The van der Waals surface area contributed by atoms with Crippen LogP contribution in [0.15, 0.2) is 22.7 Å². The molecule has 2 aromatic heterocycles. The first kappa shape index (κ1) is 12.0. The van der Waals surface area contributed by atoms with Gasteiger partial charge in [-0.3, -0.25) is 0 Å². The van der Waals surface area contributed by atoms with Gasteiger partial charge in [0.05, 0.1) is 10.9 Å². The smallest absolute Gasteiger partial charge is 0.210 e. The average molecular weight is 280 g/mol. The summed E-state index contributed by atoms with van der Waals surface area (Å²) in [6, 6.07) is 4.54. The minimum Gasteiger partial charge on any atom is -0.318 e. The van der Waals surface area contributed by atoms with Gasteiger partial charge in [0.25, 0.3) is 0 Å². The van der Waals surface area contributed by atoms with Crippen molar-refractivity contribution in [2.45, 2.75) is 32.0 Å². The molecule has 1 unspecified atom stereocenters. The predicted molar refractivity (Wildman–Crippen MR) is 76.7 cm³/mol. The fourth-order valence-electron chi connectivity index (χ4n) is 1.84. The molecule has 6 heteroatoms. The summed E-state index contributed by atoms with van der Waals surface area (Å²) in [6.45, 7) is 6.77. The van der Waals surface area contributed by atoms with Crippen LogP contribution in [0, 0.1) is 5.41 Å². The molecule has 1 N–H and O–H groups in total. The second kappa shape index (κ2) is 4.28. The standard InChI is InChI=1S/C12H16N4S2/c1-12(2,3)9-7-18-11-14-13-10(16(11)15-9)8-5-4-6-17-8/h4-6,9,15H,7H2,1-3H3. The number of hydrogen-bond acceptors (Lipinski definition) is 5. The summed E-state index contributed by atoms with van der Waals surface area (Å²) >= 11 is 3.46. The van der Waals surface area contributed by atoms with Crippen molar-refractivity contribution in [3.05, 3.63) is 17.5 Å². The maximum Gasteiger partial charge on any atom is 0.210 e. The van der Waals surface area contributed by atoms with Crippen LogP contribution >= 0.6 is 23.1 Å². The van der Waals surface area contributed by atoms with Gasteiger partial charge >= 0.3 is 0 Å². The number of hydrogen-bond donors (Lipinski definition) is 1. The van der Waals surface area contributed by atoms with Gasteiger partial charge in [0.15, 0.2) is 5.82 Å². The van der Waals surface area contributed by atoms with Crippen molar-refractivity contribution < 1.29 is 0 Å². The van der Waals surface area contributed by atoms with E-state index in [-0.39, 0.29) is 5.41 Å². The van der Waals surface area contributed by atoms with Crippen LogP contribution in [0.3, 0.4) is 0 Å². The Hall–Kier alpha value is -1.01. The third kappa shape index (κ3) is 2.03. The van der Waals surface area contributed by atoms with Crippen LogP contribution in [-0.2, 0) is 0 Å². The Labute approximate surface area is 115 Å². The van der Waals surface area contributed by atoms with Crippen LogP contribution in [0.4, 0.5) is 0 Å². The van der Waals surface area contributed by atoms with Crippen LogP contribution in [0.25, 0.3) is 10.7 Å². The molecule has 3 heterocycles. The summed E-state index contributed by atoms with van der Waals surface area (Å²) in [4.78, 5) is 1.15. The van der Waals surface area contributed by atoms with Crippen LogP contribution in [0.2, 0.25) is 0 Å². The minimum atomic E-state index is 0.224. The molecule has 1 aliphatic rings. The van der Waals surface area contributed by atoms with Gasteiger partial charge in [-0.05, 0) is 16.9 Å². The summed E-state index contributed by atoms with van der Waals surface area (Å²) in [7, 11) is 0. The lowest BCUT2D eigenvalue weighted by Gasteiger charge is -2.35. The first-order valence-corrected chi connectivity index (χ1v) is 7.81. The van der Waals surface area contributed by atoms with Crippen molar-refractivity contribution >= 4 is 23.1 Å². The lowest BCUT2D eigenvalue weighted by Crippen LogP contribution is -2.43. The number of rotatable bonds is 1. The second-order valence-electron chi connectivity index (χ2n) is 5.48. The molecular weight excluding hydrogens is 264 g/mol. The lowest BCUT2D eigenvalue weighted by molar-refractivity contribution is 0.337. The number of thiophene rings is 1. The van der Waals surface area contributed by atoms with Crippen LogP contribution in [-0.4, -0.2) is 26.7 Å². The maximum atomic E-state index is 4.30. The van der Waals surface area contributed by atoms with Gasteiger partial charge in [-0.15, -0.1) is 21.5 Å². The molecule has 0 aliphatic carbocycles. The van der Waals surface area contributed by atoms with E-state index in [1.165, 1.54) is 0 Å². The molecule has 96 valence electrons. The molecule has 0 fully saturated rings. The molecule has 18 heavy (non-hydrogen) atoms. The highest BCUT2D eigenvalue weighted by Crippen LogP contribution is 2.33. The molecule has 0 radical (unpaired) electrons. The fourth-order valence-corrected chi connectivity index (χ4v) is 3.80. The first-order chi connectivity index (χ1) is 8.55. The molecule has 0 bridgehead atoms. The van der Waals surface area contributed by atoms with E-state index in [0.29, 0.717) is 6.04 Å². The highest BCUT2D eigenvalue weighted by Gasteiger charge is 2.31. The normalized spacial score (nSPS) is 19.4. The summed E-state index contributed by atoms with van der Waals surface area (Å²) in [5.74, 6) is 1.95. The Morgan fingerprint density at radius 1 is 1.39 bits per heavy atom. The highest BCUT2D eigenvalue weighted by atomic mass is 32.2. The third-order valence-electron chi connectivity index (χ3n) is 3.08. The van der Waals surface area contributed by atoms with Crippen molar-refractivity contribution in [2.24, 2.45) is 5.41 Å². The molecule has 3 rings (SSSR count). The maximum absolute atomic E-state index is 4.30. The van der Waals surface area contributed by atoms with E-state index in [1.807, 2.05) is 10.7 Å². The van der Waals surface area contributed by atoms with Crippen molar-refractivity contribution in [3.63, 3.8) is 0 Å². The first-order valence-electron chi connectivity index (χ1n) is 5.94. The number of thioether (sulfide) groups is 1. The highest BCUT2D eigenvalue weighted by molar-refractivity contribution is 7.99. The van der Waals surface area contributed by atoms with E-state index < -0.39 is 0 Å². The largest absolute Gasteiger partial charge is 0.318 e. The monoisotopic (exact) mass is 280 g/mol. The SMILES string of the molecule is CC(C)(C)C1CSc2nnc(-c3cccs3)n2N1. The van der Waals surface area contributed by atoms with Crippen molar-refractivity contribution in [1.29, 1.82) is 0 Å². The molecule has 4 nitrogen and oxygen atoms in total. The number of nitrogens with zero attached hydrogens (tertiary/aromatic N) is 3. The second-order valence-corrected chi connectivity index (χ2v) is 7.41. The predicted octanol–water partition coefficient (Wildman–Crippen LogP) is 3.07. The molecule has 0 spiro atoms. The molecular formula is C12H16N4S2. The molecule has 0 saturated carbocycles. The quantitative estimate of drug-likeness (QED) is 0.872. The van der Waals surface area contributed by atoms with Gasteiger partial charge in [-0.2, -0.15) is 0 Å². The van der Waals surface area contributed by atoms with Crippen molar-refractivity contribution in [1.82, 2.24) is 14.9 Å². The van der Waals surface area contributed by atoms with Gasteiger partial charge in [0.2, 0.25) is 5.16 Å². The minimum absolute atomic E-state index is 0.224. The van der Waals surface area contributed by atoms with Gasteiger partial charge in [0.1, 0.15) is 0 Å². The fraction of sp³-hybridized carbons (Fsp3) is 0.500. The zero-order valence-electron chi connectivity index (χ0n) is 10.7. The summed E-state index contributed by atoms with van der Waals surface area (Å²) in [5, 5.41) is 11.6. The van der Waals surface area contributed by atoms with E-state index in [9.17, 15) is 0 Å². The Balaban J connectivity index is 1.97. The third-order valence-corrected chi connectivity index (χ3v) is 4.97. The summed E-state index contributed by atoms with van der Waals surface area (Å²) in [6.07, 6.45) is 0. The zero-order valence-corrected chi connectivity index (χ0v) is 12.3. The Bertz CT molecular complexity index is 539. The topological polar surface area (TPSA) is 42.7 Å². The Morgan fingerprint density at radius 2 is 2.22 bits per heavy atom. The number of nitrogens with one attached hydrogen (secondary N) is 1. The molecule has 0 amide bonds. The van der Waals surface area contributed by atoms with Crippen LogP contribution in [0.5, 0.6) is 0 Å².